The molecule has 8 nitrogen and oxygen atoms in total. The van der Waals surface area contributed by atoms with Crippen molar-refractivity contribution in [1.82, 2.24) is 25.6 Å². The third-order valence-corrected chi connectivity index (χ3v) is 4.50. The fourth-order valence-electron chi connectivity index (χ4n) is 2.92. The molecule has 0 bridgehead atoms. The van der Waals surface area contributed by atoms with Crippen LogP contribution in [0.5, 0.6) is 0 Å². The number of carbonyl (C=O) groups excluding carboxylic acids is 1. The highest BCUT2D eigenvalue weighted by Crippen LogP contribution is 2.28. The molecule has 1 aliphatic carbocycles. The molecule has 2 fully saturated rings. The molecular weight excluding hydrogens is 447 g/mol. The van der Waals surface area contributed by atoms with Crippen LogP contribution in [0.25, 0.3) is 0 Å². The van der Waals surface area contributed by atoms with Crippen LogP contribution in [0, 0.1) is 5.92 Å². The van der Waals surface area contributed by atoms with Gasteiger partial charge in [0.1, 0.15) is 6.26 Å². The second-order valence-corrected chi connectivity index (χ2v) is 6.55. The number of nitrogens with zero attached hydrogens (tertiary/aromatic N) is 4. The zero-order valence-corrected chi connectivity index (χ0v) is 17.6. The van der Waals surface area contributed by atoms with Crippen molar-refractivity contribution in [1.29, 1.82) is 0 Å². The van der Waals surface area contributed by atoms with E-state index in [-0.39, 0.29) is 35.8 Å². The van der Waals surface area contributed by atoms with E-state index in [4.69, 9.17) is 4.52 Å². The second kappa shape index (κ2) is 10.7. The van der Waals surface area contributed by atoms with Crippen molar-refractivity contribution in [2.24, 2.45) is 10.9 Å². The second-order valence-electron chi connectivity index (χ2n) is 6.55. The molecule has 0 atom stereocenters. The molecule has 1 saturated carbocycles. The summed E-state index contributed by atoms with van der Waals surface area (Å²) in [6.45, 7) is 8.75. The Morgan fingerprint density at radius 1 is 1.31 bits per heavy atom. The molecular formula is C17H29IN6O2. The molecule has 0 spiro atoms. The molecule has 1 aromatic rings. The highest BCUT2D eigenvalue weighted by atomic mass is 127. The fraction of sp³-hybridized carbons (Fsp3) is 0.706. The van der Waals surface area contributed by atoms with Gasteiger partial charge in [-0.15, -0.1) is 24.0 Å². The molecule has 2 N–H and O–H groups in total. The van der Waals surface area contributed by atoms with Crippen molar-refractivity contribution < 1.29 is 9.32 Å². The third-order valence-electron chi connectivity index (χ3n) is 4.50. The summed E-state index contributed by atoms with van der Waals surface area (Å²) in [5.41, 5.74) is 0.973. The Hall–Kier alpha value is -1.36. The number of hydrogen-bond acceptors (Lipinski definition) is 5. The van der Waals surface area contributed by atoms with Crippen LogP contribution >= 0.6 is 24.0 Å². The van der Waals surface area contributed by atoms with Crippen LogP contribution in [-0.4, -0.2) is 72.6 Å². The minimum Gasteiger partial charge on any atom is -0.364 e. The lowest BCUT2D eigenvalue weighted by Crippen LogP contribution is -2.52. The predicted molar refractivity (Wildman–Crippen MR) is 110 cm³/mol. The molecule has 0 aromatic carbocycles. The first-order valence-electron chi connectivity index (χ1n) is 9.19. The molecule has 26 heavy (non-hydrogen) atoms. The molecule has 146 valence electrons. The number of hydrogen-bond donors (Lipinski definition) is 2. The maximum absolute atomic E-state index is 11.6. The lowest BCUT2D eigenvalue weighted by Gasteiger charge is -2.36. The number of amides is 1. The van der Waals surface area contributed by atoms with E-state index >= 15 is 0 Å². The summed E-state index contributed by atoms with van der Waals surface area (Å²) in [7, 11) is 0. The highest BCUT2D eigenvalue weighted by Gasteiger charge is 2.29. The van der Waals surface area contributed by atoms with Gasteiger partial charge in [0, 0.05) is 57.8 Å². The smallest absolute Gasteiger partial charge is 0.223 e. The quantitative estimate of drug-likeness (QED) is 0.263. The number of carbonyl (C=O) groups is 1. The van der Waals surface area contributed by atoms with Crippen molar-refractivity contribution >= 4 is 35.8 Å². The lowest BCUT2D eigenvalue weighted by atomic mass is 10.3. The van der Waals surface area contributed by atoms with Gasteiger partial charge in [-0.2, -0.15) is 0 Å². The van der Waals surface area contributed by atoms with E-state index in [9.17, 15) is 4.79 Å². The van der Waals surface area contributed by atoms with Crippen LogP contribution in [0.15, 0.2) is 21.8 Å². The van der Waals surface area contributed by atoms with Gasteiger partial charge in [-0.3, -0.25) is 14.7 Å². The number of aliphatic imine (C=N–C) groups is 1. The summed E-state index contributed by atoms with van der Waals surface area (Å²) in [4.78, 5) is 21.0. The summed E-state index contributed by atoms with van der Waals surface area (Å²) in [6.07, 6.45) is 3.69. The van der Waals surface area contributed by atoms with E-state index in [1.54, 1.807) is 6.26 Å². The molecule has 2 heterocycles. The third kappa shape index (κ3) is 6.42. The van der Waals surface area contributed by atoms with Crippen molar-refractivity contribution in [3.8, 4) is 0 Å². The number of halogens is 1. The topological polar surface area (TPSA) is 86.0 Å². The first-order chi connectivity index (χ1) is 12.3. The molecule has 0 radical (unpaired) electrons. The van der Waals surface area contributed by atoms with E-state index in [1.807, 2.05) is 6.07 Å². The average molecular weight is 476 g/mol. The fourth-order valence-corrected chi connectivity index (χ4v) is 2.92. The molecule has 1 aromatic heterocycles. The molecule has 1 amide bonds. The first-order valence-corrected chi connectivity index (χ1v) is 9.19. The maximum Gasteiger partial charge on any atom is 0.223 e. The Balaban J connectivity index is 0.00000243. The number of piperazine rings is 1. The monoisotopic (exact) mass is 476 g/mol. The summed E-state index contributed by atoms with van der Waals surface area (Å²) >= 11 is 0. The van der Waals surface area contributed by atoms with Gasteiger partial charge in [0.25, 0.3) is 0 Å². The summed E-state index contributed by atoms with van der Waals surface area (Å²) < 4.78 is 4.89. The zero-order chi connectivity index (χ0) is 17.5. The summed E-state index contributed by atoms with van der Waals surface area (Å²) in [5, 5.41) is 10.3. The van der Waals surface area contributed by atoms with E-state index in [2.05, 4.69) is 37.5 Å². The molecule has 3 rings (SSSR count). The number of rotatable bonds is 7. The van der Waals surface area contributed by atoms with Gasteiger partial charge in [0.05, 0.1) is 12.2 Å². The minimum atomic E-state index is 0. The number of aromatic nitrogens is 1. The van der Waals surface area contributed by atoms with E-state index in [0.717, 1.165) is 63.8 Å². The first kappa shape index (κ1) is 20.9. The van der Waals surface area contributed by atoms with Crippen molar-refractivity contribution in [2.75, 3.05) is 45.8 Å². The Morgan fingerprint density at radius 2 is 2.08 bits per heavy atom. The van der Waals surface area contributed by atoms with Crippen LogP contribution in [-0.2, 0) is 11.3 Å². The minimum absolute atomic E-state index is 0. The van der Waals surface area contributed by atoms with Crippen LogP contribution < -0.4 is 10.6 Å². The Kier molecular flexibility index (Phi) is 8.63. The maximum atomic E-state index is 11.6. The normalized spacial score (nSPS) is 18.3. The van der Waals surface area contributed by atoms with Crippen molar-refractivity contribution in [2.45, 2.75) is 26.3 Å². The Bertz CT molecular complexity index is 568. The van der Waals surface area contributed by atoms with E-state index in [1.165, 1.54) is 0 Å². The van der Waals surface area contributed by atoms with Crippen LogP contribution in [0.1, 0.15) is 25.5 Å². The SMILES string of the molecule is CCNC(=NCCNC(=O)C1CC1)N1CCN(Cc2ccon2)CC1.I. The molecule has 2 aliphatic rings. The summed E-state index contributed by atoms with van der Waals surface area (Å²) in [5.74, 6) is 1.38. The predicted octanol–water partition coefficient (Wildman–Crippen LogP) is 0.902. The van der Waals surface area contributed by atoms with Gasteiger partial charge >= 0.3 is 0 Å². The van der Waals surface area contributed by atoms with Gasteiger partial charge in [-0.1, -0.05) is 5.16 Å². The van der Waals surface area contributed by atoms with Gasteiger partial charge in [-0.25, -0.2) is 0 Å². The highest BCUT2D eigenvalue weighted by molar-refractivity contribution is 14.0. The van der Waals surface area contributed by atoms with Gasteiger partial charge in [-0.05, 0) is 19.8 Å². The average Bonchev–Trinajstić information content (AvgIpc) is 3.36. The van der Waals surface area contributed by atoms with Crippen LogP contribution in [0.4, 0.5) is 0 Å². The van der Waals surface area contributed by atoms with Gasteiger partial charge in [0.2, 0.25) is 5.91 Å². The lowest BCUT2D eigenvalue weighted by molar-refractivity contribution is -0.122. The van der Waals surface area contributed by atoms with E-state index < -0.39 is 0 Å². The molecule has 1 saturated heterocycles. The Morgan fingerprint density at radius 3 is 2.69 bits per heavy atom. The van der Waals surface area contributed by atoms with Crippen molar-refractivity contribution in [3.63, 3.8) is 0 Å². The number of nitrogens with one attached hydrogen (secondary N) is 2. The van der Waals surface area contributed by atoms with Gasteiger partial charge in [0.15, 0.2) is 5.96 Å². The summed E-state index contributed by atoms with van der Waals surface area (Å²) in [6, 6.07) is 1.91. The molecule has 1 aliphatic heterocycles. The van der Waals surface area contributed by atoms with Gasteiger partial charge < -0.3 is 20.1 Å². The van der Waals surface area contributed by atoms with Crippen LogP contribution in [0.3, 0.4) is 0 Å². The largest absolute Gasteiger partial charge is 0.364 e. The van der Waals surface area contributed by atoms with Crippen LogP contribution in [0.2, 0.25) is 0 Å². The molecule has 0 unspecified atom stereocenters. The molecule has 9 heteroatoms. The van der Waals surface area contributed by atoms with E-state index in [0.29, 0.717) is 13.1 Å². The zero-order valence-electron chi connectivity index (χ0n) is 15.3. The number of guanidine groups is 1. The Labute approximate surface area is 171 Å². The standard InChI is InChI=1S/C17H28N6O2.HI/c1-2-18-17(20-7-6-19-16(24)14-3-4-14)23-10-8-22(9-11-23)13-15-5-12-25-21-15;/h5,12,14H,2-4,6-11,13H2,1H3,(H,18,20)(H,19,24);1H. The van der Waals surface area contributed by atoms with Crippen molar-refractivity contribution in [3.05, 3.63) is 18.0 Å².